The molecule has 2 rings (SSSR count). The normalized spacial score (nSPS) is 10.3. The molecule has 106 valence electrons. The number of ether oxygens (including phenoxy) is 2. The summed E-state index contributed by atoms with van der Waals surface area (Å²) in [7, 11) is 1.58. The van der Waals surface area contributed by atoms with E-state index in [1.807, 2.05) is 24.3 Å². The number of methoxy groups -OCH3 is 1. The third-order valence-corrected chi connectivity index (χ3v) is 2.74. The summed E-state index contributed by atoms with van der Waals surface area (Å²) in [6.45, 7) is 0. The van der Waals surface area contributed by atoms with E-state index in [4.69, 9.17) is 9.47 Å². The standard InChI is InChI=1S/C17H14O4/c1-20-16-4-2-3-13(11-16)7-10-17(19)21-15-8-5-14(12-18)6-9-15/h2-12H,1H3/b10-7+. The third-order valence-electron chi connectivity index (χ3n) is 2.74. The summed E-state index contributed by atoms with van der Waals surface area (Å²) in [4.78, 5) is 22.2. The van der Waals surface area contributed by atoms with Crippen molar-refractivity contribution in [3.8, 4) is 11.5 Å². The lowest BCUT2D eigenvalue weighted by Crippen LogP contribution is -2.03. The third kappa shape index (κ3) is 4.31. The van der Waals surface area contributed by atoms with E-state index in [1.165, 1.54) is 6.08 Å². The number of benzene rings is 2. The highest BCUT2D eigenvalue weighted by molar-refractivity contribution is 5.88. The van der Waals surface area contributed by atoms with Crippen LogP contribution in [0.15, 0.2) is 54.6 Å². The van der Waals surface area contributed by atoms with Crippen molar-refractivity contribution in [1.29, 1.82) is 0 Å². The van der Waals surface area contributed by atoms with E-state index >= 15 is 0 Å². The zero-order valence-electron chi connectivity index (χ0n) is 11.5. The van der Waals surface area contributed by atoms with E-state index in [9.17, 15) is 9.59 Å². The minimum absolute atomic E-state index is 0.390. The topological polar surface area (TPSA) is 52.6 Å². The molecule has 4 heteroatoms. The van der Waals surface area contributed by atoms with Crippen LogP contribution in [0.2, 0.25) is 0 Å². The van der Waals surface area contributed by atoms with Gasteiger partial charge in [0.15, 0.2) is 0 Å². The molecule has 0 atom stereocenters. The second-order valence-corrected chi connectivity index (χ2v) is 4.22. The molecule has 0 amide bonds. The fraction of sp³-hybridized carbons (Fsp3) is 0.0588. The van der Waals surface area contributed by atoms with Gasteiger partial charge in [-0.15, -0.1) is 0 Å². The minimum Gasteiger partial charge on any atom is -0.497 e. The van der Waals surface area contributed by atoms with Gasteiger partial charge < -0.3 is 9.47 Å². The van der Waals surface area contributed by atoms with Crippen molar-refractivity contribution in [2.75, 3.05) is 7.11 Å². The first-order valence-corrected chi connectivity index (χ1v) is 6.30. The minimum atomic E-state index is -0.489. The van der Waals surface area contributed by atoms with Crippen LogP contribution in [0, 0.1) is 0 Å². The van der Waals surface area contributed by atoms with E-state index < -0.39 is 5.97 Å². The predicted molar refractivity (Wildman–Crippen MR) is 79.5 cm³/mol. The van der Waals surface area contributed by atoms with Gasteiger partial charge in [0.1, 0.15) is 17.8 Å². The zero-order chi connectivity index (χ0) is 15.1. The molecule has 21 heavy (non-hydrogen) atoms. The molecule has 0 aliphatic carbocycles. The number of aldehydes is 1. The average Bonchev–Trinajstić information content (AvgIpc) is 2.54. The van der Waals surface area contributed by atoms with Gasteiger partial charge in [-0.2, -0.15) is 0 Å². The average molecular weight is 282 g/mol. The zero-order valence-corrected chi connectivity index (χ0v) is 11.5. The van der Waals surface area contributed by atoms with Crippen LogP contribution in [0.4, 0.5) is 0 Å². The van der Waals surface area contributed by atoms with Crippen molar-refractivity contribution >= 4 is 18.3 Å². The van der Waals surface area contributed by atoms with Gasteiger partial charge in [-0.25, -0.2) is 4.79 Å². The van der Waals surface area contributed by atoms with Gasteiger partial charge in [0.25, 0.3) is 0 Å². The van der Waals surface area contributed by atoms with Crippen LogP contribution in [0.3, 0.4) is 0 Å². The summed E-state index contributed by atoms with van der Waals surface area (Å²) in [5, 5.41) is 0. The van der Waals surface area contributed by atoms with Gasteiger partial charge in [0.2, 0.25) is 0 Å². The smallest absolute Gasteiger partial charge is 0.336 e. The molecule has 0 radical (unpaired) electrons. The molecule has 0 saturated heterocycles. The highest BCUT2D eigenvalue weighted by Gasteiger charge is 2.01. The fourth-order valence-corrected chi connectivity index (χ4v) is 1.67. The molecule has 0 heterocycles. The van der Waals surface area contributed by atoms with Gasteiger partial charge in [0, 0.05) is 11.6 Å². The Morgan fingerprint density at radius 2 is 1.76 bits per heavy atom. The Balaban J connectivity index is 1.99. The Morgan fingerprint density at radius 3 is 2.43 bits per heavy atom. The summed E-state index contributed by atoms with van der Waals surface area (Å²) in [5.41, 5.74) is 1.37. The summed E-state index contributed by atoms with van der Waals surface area (Å²) in [6.07, 6.45) is 3.71. The molecule has 0 aliphatic rings. The Morgan fingerprint density at radius 1 is 1.00 bits per heavy atom. The molecule has 0 fully saturated rings. The molecule has 0 aliphatic heterocycles. The second kappa shape index (κ2) is 7.05. The van der Waals surface area contributed by atoms with Gasteiger partial charge in [-0.05, 0) is 48.0 Å². The summed E-state index contributed by atoms with van der Waals surface area (Å²) < 4.78 is 10.2. The Labute approximate surface area is 122 Å². The van der Waals surface area contributed by atoms with Gasteiger partial charge in [-0.3, -0.25) is 4.79 Å². The van der Waals surface area contributed by atoms with Crippen LogP contribution in [-0.4, -0.2) is 19.4 Å². The van der Waals surface area contributed by atoms with E-state index in [1.54, 1.807) is 37.5 Å². The van der Waals surface area contributed by atoms with Crippen LogP contribution in [0.1, 0.15) is 15.9 Å². The predicted octanol–water partition coefficient (Wildman–Crippen LogP) is 3.13. The number of carbonyl (C=O) groups excluding carboxylic acids is 2. The highest BCUT2D eigenvalue weighted by Crippen LogP contribution is 2.14. The van der Waals surface area contributed by atoms with E-state index in [-0.39, 0.29) is 0 Å². The van der Waals surface area contributed by atoms with Crippen LogP contribution >= 0.6 is 0 Å². The molecular weight excluding hydrogens is 268 g/mol. The van der Waals surface area contributed by atoms with Crippen molar-refractivity contribution in [2.45, 2.75) is 0 Å². The van der Waals surface area contributed by atoms with Crippen LogP contribution in [-0.2, 0) is 4.79 Å². The van der Waals surface area contributed by atoms with Crippen molar-refractivity contribution in [1.82, 2.24) is 0 Å². The lowest BCUT2D eigenvalue weighted by atomic mass is 10.2. The lowest BCUT2D eigenvalue weighted by Gasteiger charge is -2.02. The molecule has 2 aromatic carbocycles. The number of rotatable bonds is 5. The first kappa shape index (κ1) is 14.5. The summed E-state index contributed by atoms with van der Waals surface area (Å²) >= 11 is 0. The maximum atomic E-state index is 11.7. The summed E-state index contributed by atoms with van der Waals surface area (Å²) in [6, 6.07) is 13.6. The molecule has 4 nitrogen and oxygen atoms in total. The first-order valence-electron chi connectivity index (χ1n) is 6.30. The molecular formula is C17H14O4. The molecule has 0 spiro atoms. The molecule has 0 unspecified atom stereocenters. The molecule has 0 aromatic heterocycles. The molecule has 2 aromatic rings. The van der Waals surface area contributed by atoms with Crippen molar-refractivity contribution in [2.24, 2.45) is 0 Å². The van der Waals surface area contributed by atoms with E-state index in [0.717, 1.165) is 17.6 Å². The van der Waals surface area contributed by atoms with Crippen LogP contribution < -0.4 is 9.47 Å². The highest BCUT2D eigenvalue weighted by atomic mass is 16.5. The van der Waals surface area contributed by atoms with Crippen LogP contribution in [0.5, 0.6) is 11.5 Å². The number of esters is 1. The van der Waals surface area contributed by atoms with Gasteiger partial charge in [0.05, 0.1) is 7.11 Å². The van der Waals surface area contributed by atoms with Crippen LogP contribution in [0.25, 0.3) is 6.08 Å². The number of hydrogen-bond acceptors (Lipinski definition) is 4. The maximum Gasteiger partial charge on any atom is 0.336 e. The second-order valence-electron chi connectivity index (χ2n) is 4.22. The first-order chi connectivity index (χ1) is 10.2. The fourth-order valence-electron chi connectivity index (χ4n) is 1.67. The van der Waals surface area contributed by atoms with Crippen molar-refractivity contribution in [3.05, 3.63) is 65.7 Å². The lowest BCUT2D eigenvalue weighted by molar-refractivity contribution is -0.128. The van der Waals surface area contributed by atoms with Crippen molar-refractivity contribution < 1.29 is 19.1 Å². The summed E-state index contributed by atoms with van der Waals surface area (Å²) in [5.74, 6) is 0.618. The Kier molecular flexibility index (Phi) is 4.88. The number of carbonyl (C=O) groups is 2. The van der Waals surface area contributed by atoms with Gasteiger partial charge in [-0.1, -0.05) is 12.1 Å². The Bertz CT molecular complexity index is 657. The maximum absolute atomic E-state index is 11.7. The largest absolute Gasteiger partial charge is 0.497 e. The molecule has 0 bridgehead atoms. The quantitative estimate of drug-likeness (QED) is 0.366. The SMILES string of the molecule is COc1cccc(/C=C/C(=O)Oc2ccc(C=O)cc2)c1. The van der Waals surface area contributed by atoms with Gasteiger partial charge >= 0.3 is 5.97 Å². The molecule has 0 N–H and O–H groups in total. The van der Waals surface area contributed by atoms with E-state index in [0.29, 0.717) is 11.3 Å². The number of hydrogen-bond donors (Lipinski definition) is 0. The van der Waals surface area contributed by atoms with Crippen molar-refractivity contribution in [3.63, 3.8) is 0 Å². The Hall–Kier alpha value is -2.88. The monoisotopic (exact) mass is 282 g/mol. The molecule has 0 saturated carbocycles. The van der Waals surface area contributed by atoms with E-state index in [2.05, 4.69) is 0 Å².